The van der Waals surface area contributed by atoms with Gasteiger partial charge in [-0.1, -0.05) is 35.5 Å². The van der Waals surface area contributed by atoms with Crippen LogP contribution in [0.3, 0.4) is 0 Å². The third kappa shape index (κ3) is 5.18. The Bertz CT molecular complexity index is 931. The van der Waals surface area contributed by atoms with Crippen molar-refractivity contribution in [3.63, 3.8) is 0 Å². The van der Waals surface area contributed by atoms with E-state index in [0.29, 0.717) is 17.8 Å². The second-order valence-electron chi connectivity index (χ2n) is 8.55. The second kappa shape index (κ2) is 9.68. The van der Waals surface area contributed by atoms with E-state index in [9.17, 15) is 0 Å². The first-order valence-corrected chi connectivity index (χ1v) is 11.3. The molecule has 0 spiro atoms. The van der Waals surface area contributed by atoms with Gasteiger partial charge in [-0.05, 0) is 30.5 Å². The van der Waals surface area contributed by atoms with Crippen molar-refractivity contribution in [1.29, 1.82) is 0 Å². The fraction of sp³-hybridized carbons (Fsp3) is 0.458. The number of hydrogen-bond acceptors (Lipinski definition) is 7. The van der Waals surface area contributed by atoms with Gasteiger partial charge in [0.05, 0.1) is 6.54 Å². The standard InChI is InChI=1S/C24H30N6O/c1-2-4-20(5-3-1)18-29-14-16-30(17-15-29)22-8-12-28(13-9-22)19-23-26-24(27-31-23)21-6-10-25-11-7-21/h1-7,10-11,22H,8-9,12-19H2. The van der Waals surface area contributed by atoms with Crippen LogP contribution in [0.4, 0.5) is 0 Å². The van der Waals surface area contributed by atoms with Crippen molar-refractivity contribution < 1.29 is 4.52 Å². The van der Waals surface area contributed by atoms with Crippen molar-refractivity contribution in [3.05, 3.63) is 66.3 Å². The summed E-state index contributed by atoms with van der Waals surface area (Å²) in [6.45, 7) is 8.65. The molecule has 1 aromatic carbocycles. The summed E-state index contributed by atoms with van der Waals surface area (Å²) in [5.41, 5.74) is 2.35. The van der Waals surface area contributed by atoms with Gasteiger partial charge in [-0.25, -0.2) is 0 Å². The Morgan fingerprint density at radius 3 is 2.26 bits per heavy atom. The lowest BCUT2D eigenvalue weighted by molar-refractivity contribution is 0.0526. The fourth-order valence-electron chi connectivity index (χ4n) is 4.70. The molecule has 7 nitrogen and oxygen atoms in total. The lowest BCUT2D eigenvalue weighted by atomic mass is 10.0. The van der Waals surface area contributed by atoms with Crippen LogP contribution < -0.4 is 0 Å². The number of piperidine rings is 1. The summed E-state index contributed by atoms with van der Waals surface area (Å²) in [7, 11) is 0. The molecule has 7 heteroatoms. The van der Waals surface area contributed by atoms with E-state index in [2.05, 4.69) is 60.2 Å². The van der Waals surface area contributed by atoms with Crippen molar-refractivity contribution in [2.75, 3.05) is 39.3 Å². The monoisotopic (exact) mass is 418 g/mol. The zero-order chi connectivity index (χ0) is 20.9. The predicted molar refractivity (Wildman–Crippen MR) is 119 cm³/mol. The van der Waals surface area contributed by atoms with E-state index in [1.54, 1.807) is 12.4 Å². The van der Waals surface area contributed by atoms with Crippen molar-refractivity contribution >= 4 is 0 Å². The Kier molecular flexibility index (Phi) is 6.34. The first-order chi connectivity index (χ1) is 15.3. The van der Waals surface area contributed by atoms with Crippen LogP contribution in [0.2, 0.25) is 0 Å². The van der Waals surface area contributed by atoms with E-state index in [-0.39, 0.29) is 0 Å². The van der Waals surface area contributed by atoms with Gasteiger partial charge in [-0.3, -0.25) is 19.7 Å². The molecule has 3 aromatic rings. The van der Waals surface area contributed by atoms with Crippen molar-refractivity contribution in [3.8, 4) is 11.4 Å². The minimum Gasteiger partial charge on any atom is -0.338 e. The van der Waals surface area contributed by atoms with Gasteiger partial charge in [-0.15, -0.1) is 0 Å². The molecule has 2 aromatic heterocycles. The average molecular weight is 419 g/mol. The fourth-order valence-corrected chi connectivity index (χ4v) is 4.70. The number of likely N-dealkylation sites (tertiary alicyclic amines) is 1. The summed E-state index contributed by atoms with van der Waals surface area (Å²) < 4.78 is 5.49. The topological polar surface area (TPSA) is 61.5 Å². The van der Waals surface area contributed by atoms with Crippen molar-refractivity contribution in [1.82, 2.24) is 29.8 Å². The molecule has 0 N–H and O–H groups in total. The normalized spacial score (nSPS) is 19.6. The van der Waals surface area contributed by atoms with E-state index in [4.69, 9.17) is 4.52 Å². The van der Waals surface area contributed by atoms with Crippen LogP contribution in [0.1, 0.15) is 24.3 Å². The summed E-state index contributed by atoms with van der Waals surface area (Å²) >= 11 is 0. The quantitative estimate of drug-likeness (QED) is 0.610. The Morgan fingerprint density at radius 1 is 0.806 bits per heavy atom. The van der Waals surface area contributed by atoms with E-state index < -0.39 is 0 Å². The Labute approximate surface area is 183 Å². The maximum absolute atomic E-state index is 5.49. The number of rotatable bonds is 6. The van der Waals surface area contributed by atoms with E-state index in [0.717, 1.165) is 44.8 Å². The molecule has 2 aliphatic heterocycles. The third-order valence-electron chi connectivity index (χ3n) is 6.49. The number of nitrogens with zero attached hydrogens (tertiary/aromatic N) is 6. The second-order valence-corrected chi connectivity index (χ2v) is 8.55. The molecule has 0 atom stereocenters. The van der Waals surface area contributed by atoms with Gasteiger partial charge in [0.15, 0.2) is 0 Å². The molecule has 5 rings (SSSR count). The first-order valence-electron chi connectivity index (χ1n) is 11.3. The number of aromatic nitrogens is 3. The SMILES string of the molecule is c1ccc(CN2CCN(C3CCN(Cc4nc(-c5ccncc5)no4)CC3)CC2)cc1. The van der Waals surface area contributed by atoms with Crippen LogP contribution in [0.25, 0.3) is 11.4 Å². The number of pyridine rings is 1. The maximum Gasteiger partial charge on any atom is 0.241 e. The van der Waals surface area contributed by atoms with Crippen LogP contribution >= 0.6 is 0 Å². The van der Waals surface area contributed by atoms with Gasteiger partial charge in [0.1, 0.15) is 0 Å². The van der Waals surface area contributed by atoms with E-state index >= 15 is 0 Å². The molecular formula is C24H30N6O. The van der Waals surface area contributed by atoms with Gasteiger partial charge in [0, 0.05) is 69.8 Å². The zero-order valence-electron chi connectivity index (χ0n) is 17.9. The molecule has 0 amide bonds. The Morgan fingerprint density at radius 2 is 1.52 bits per heavy atom. The van der Waals surface area contributed by atoms with Crippen LogP contribution in [-0.4, -0.2) is 75.1 Å². The minimum atomic E-state index is 0.639. The highest BCUT2D eigenvalue weighted by Crippen LogP contribution is 2.21. The van der Waals surface area contributed by atoms with Crippen molar-refractivity contribution in [2.45, 2.75) is 32.0 Å². The van der Waals surface area contributed by atoms with Crippen LogP contribution in [0.5, 0.6) is 0 Å². The average Bonchev–Trinajstić information content (AvgIpc) is 3.30. The summed E-state index contributed by atoms with van der Waals surface area (Å²) in [5, 5.41) is 4.12. The van der Waals surface area contributed by atoms with Gasteiger partial charge >= 0.3 is 0 Å². The number of piperazine rings is 1. The van der Waals surface area contributed by atoms with Crippen LogP contribution in [-0.2, 0) is 13.1 Å². The van der Waals surface area contributed by atoms with Gasteiger partial charge in [0.2, 0.25) is 11.7 Å². The maximum atomic E-state index is 5.49. The Balaban J connectivity index is 1.06. The van der Waals surface area contributed by atoms with Gasteiger partial charge in [-0.2, -0.15) is 4.98 Å². The highest BCUT2D eigenvalue weighted by molar-refractivity contribution is 5.52. The van der Waals surface area contributed by atoms with E-state index in [1.165, 1.54) is 31.5 Å². The molecule has 0 unspecified atom stereocenters. The van der Waals surface area contributed by atoms with Crippen LogP contribution in [0.15, 0.2) is 59.4 Å². The molecule has 162 valence electrons. The predicted octanol–water partition coefficient (Wildman–Crippen LogP) is 2.91. The largest absolute Gasteiger partial charge is 0.338 e. The number of benzene rings is 1. The number of hydrogen-bond donors (Lipinski definition) is 0. The zero-order valence-corrected chi connectivity index (χ0v) is 17.9. The van der Waals surface area contributed by atoms with E-state index in [1.807, 2.05) is 12.1 Å². The highest BCUT2D eigenvalue weighted by Gasteiger charge is 2.28. The summed E-state index contributed by atoms with van der Waals surface area (Å²) in [5.74, 6) is 1.33. The molecule has 0 bridgehead atoms. The molecule has 2 aliphatic rings. The molecule has 2 fully saturated rings. The summed E-state index contributed by atoms with van der Waals surface area (Å²) in [6, 6.07) is 15.3. The molecule has 31 heavy (non-hydrogen) atoms. The molecular weight excluding hydrogens is 388 g/mol. The first kappa shape index (κ1) is 20.3. The van der Waals surface area contributed by atoms with Crippen LogP contribution in [0, 0.1) is 0 Å². The molecule has 0 saturated carbocycles. The van der Waals surface area contributed by atoms with Gasteiger partial charge < -0.3 is 4.52 Å². The highest BCUT2D eigenvalue weighted by atomic mass is 16.5. The minimum absolute atomic E-state index is 0.639. The smallest absolute Gasteiger partial charge is 0.241 e. The summed E-state index contributed by atoms with van der Waals surface area (Å²) in [4.78, 5) is 16.3. The lowest BCUT2D eigenvalue weighted by Crippen LogP contribution is -2.52. The third-order valence-corrected chi connectivity index (χ3v) is 6.49. The molecule has 0 radical (unpaired) electrons. The molecule has 4 heterocycles. The van der Waals surface area contributed by atoms with Gasteiger partial charge in [0.25, 0.3) is 0 Å². The van der Waals surface area contributed by atoms with Crippen molar-refractivity contribution in [2.24, 2.45) is 0 Å². The molecule has 2 saturated heterocycles. The summed E-state index contributed by atoms with van der Waals surface area (Å²) in [6.07, 6.45) is 5.92. The molecule has 0 aliphatic carbocycles. The Hall–Kier alpha value is -2.61. The lowest BCUT2D eigenvalue weighted by Gasteiger charge is -2.42.